The number of aromatic nitrogens is 2. The van der Waals surface area contributed by atoms with Crippen LogP contribution in [-0.2, 0) is 7.05 Å². The number of nitrogens with one attached hydrogen (secondary N) is 1. The fourth-order valence-corrected chi connectivity index (χ4v) is 2.19. The van der Waals surface area contributed by atoms with Crippen molar-refractivity contribution >= 4 is 23.1 Å². The highest BCUT2D eigenvalue weighted by Crippen LogP contribution is 2.14. The Morgan fingerprint density at radius 1 is 1.40 bits per heavy atom. The van der Waals surface area contributed by atoms with Crippen LogP contribution in [0.3, 0.4) is 0 Å². The van der Waals surface area contributed by atoms with Gasteiger partial charge in [-0.2, -0.15) is 5.10 Å². The summed E-state index contributed by atoms with van der Waals surface area (Å²) >= 11 is 5.05. The molecule has 0 saturated heterocycles. The van der Waals surface area contributed by atoms with E-state index in [1.165, 1.54) is 4.68 Å². The topological polar surface area (TPSA) is 72.9 Å². The van der Waals surface area contributed by atoms with Crippen molar-refractivity contribution in [3.8, 4) is 0 Å². The molecule has 104 valence electrons. The van der Waals surface area contributed by atoms with Crippen LogP contribution in [-0.4, -0.2) is 20.7 Å². The minimum atomic E-state index is -0.492. The average molecular weight is 288 g/mol. The smallest absolute Gasteiger partial charge is 0.270 e. The van der Waals surface area contributed by atoms with Gasteiger partial charge in [-0.3, -0.25) is 9.48 Å². The van der Waals surface area contributed by atoms with E-state index in [1.54, 1.807) is 13.1 Å². The Bertz CT molecular complexity index is 636. The monoisotopic (exact) mass is 288 g/mol. The molecule has 1 unspecified atom stereocenters. The van der Waals surface area contributed by atoms with E-state index in [4.69, 9.17) is 18.0 Å². The molecule has 1 aromatic carbocycles. The van der Waals surface area contributed by atoms with Crippen LogP contribution in [0.1, 0.15) is 27.8 Å². The third-order valence-electron chi connectivity index (χ3n) is 2.93. The molecule has 5 nitrogen and oxygen atoms in total. The number of benzene rings is 1. The van der Waals surface area contributed by atoms with Gasteiger partial charge in [0.25, 0.3) is 5.91 Å². The Hall–Kier alpha value is -2.21. The van der Waals surface area contributed by atoms with E-state index in [2.05, 4.69) is 10.4 Å². The molecule has 1 atom stereocenters. The summed E-state index contributed by atoms with van der Waals surface area (Å²) in [7, 11) is 1.72. The molecular formula is C14H16N4OS. The number of rotatable bonds is 4. The maximum atomic E-state index is 12.3. The fraction of sp³-hybridized carbons (Fsp3) is 0.214. The number of aryl methyl sites for hydroxylation is 2. The number of hydrogen-bond donors (Lipinski definition) is 2. The second-order valence-corrected chi connectivity index (χ2v) is 4.99. The van der Waals surface area contributed by atoms with Crippen LogP contribution in [0.15, 0.2) is 36.4 Å². The van der Waals surface area contributed by atoms with Gasteiger partial charge in [0.1, 0.15) is 16.7 Å². The number of thiocarbonyl (C=S) groups is 1. The summed E-state index contributed by atoms with van der Waals surface area (Å²) in [4.78, 5) is 12.5. The first-order chi connectivity index (χ1) is 9.49. The van der Waals surface area contributed by atoms with Crippen LogP contribution < -0.4 is 11.1 Å². The molecule has 1 aromatic heterocycles. The van der Waals surface area contributed by atoms with Crippen molar-refractivity contribution in [1.29, 1.82) is 0 Å². The van der Waals surface area contributed by atoms with Crippen molar-refractivity contribution in [2.45, 2.75) is 13.0 Å². The van der Waals surface area contributed by atoms with E-state index in [1.807, 2.05) is 37.3 Å². The van der Waals surface area contributed by atoms with Crippen molar-refractivity contribution in [3.63, 3.8) is 0 Å². The minimum Gasteiger partial charge on any atom is -0.391 e. The lowest BCUT2D eigenvalue weighted by atomic mass is 10.1. The van der Waals surface area contributed by atoms with Crippen LogP contribution in [0.4, 0.5) is 0 Å². The molecule has 0 spiro atoms. The number of nitrogens with zero attached hydrogens (tertiary/aromatic N) is 2. The lowest BCUT2D eigenvalue weighted by Crippen LogP contribution is -2.37. The summed E-state index contributed by atoms with van der Waals surface area (Å²) in [6.07, 6.45) is 0. The number of carbonyl (C=O) groups is 1. The molecule has 0 aliphatic carbocycles. The molecule has 1 amide bonds. The molecule has 1 heterocycles. The Kier molecular flexibility index (Phi) is 4.14. The summed E-state index contributed by atoms with van der Waals surface area (Å²) < 4.78 is 1.53. The van der Waals surface area contributed by atoms with Crippen molar-refractivity contribution < 1.29 is 4.79 Å². The highest BCUT2D eigenvalue weighted by Gasteiger charge is 2.20. The van der Waals surface area contributed by atoms with Gasteiger partial charge in [0.2, 0.25) is 0 Å². The van der Waals surface area contributed by atoms with Crippen LogP contribution in [0.5, 0.6) is 0 Å². The van der Waals surface area contributed by atoms with E-state index in [9.17, 15) is 4.79 Å². The zero-order valence-electron chi connectivity index (χ0n) is 11.3. The predicted molar refractivity (Wildman–Crippen MR) is 81.4 cm³/mol. The van der Waals surface area contributed by atoms with Crippen LogP contribution >= 0.6 is 12.2 Å². The first kappa shape index (κ1) is 14.2. The third kappa shape index (κ3) is 3.03. The maximum Gasteiger partial charge on any atom is 0.270 e. The summed E-state index contributed by atoms with van der Waals surface area (Å²) in [5.74, 6) is -0.255. The summed E-state index contributed by atoms with van der Waals surface area (Å²) in [5, 5.41) is 6.99. The second kappa shape index (κ2) is 5.83. The van der Waals surface area contributed by atoms with E-state index in [0.29, 0.717) is 5.69 Å². The minimum absolute atomic E-state index is 0.225. The predicted octanol–water partition coefficient (Wildman–Crippen LogP) is 1.49. The molecule has 2 rings (SSSR count). The van der Waals surface area contributed by atoms with Gasteiger partial charge < -0.3 is 11.1 Å². The lowest BCUT2D eigenvalue weighted by molar-refractivity contribution is 0.0937. The summed E-state index contributed by atoms with van der Waals surface area (Å²) in [6.45, 7) is 1.83. The van der Waals surface area contributed by atoms with Gasteiger partial charge in [0.05, 0.1) is 5.69 Å². The van der Waals surface area contributed by atoms with Crippen LogP contribution in [0, 0.1) is 6.92 Å². The SMILES string of the molecule is Cc1cc(C(=O)NC(C(N)=S)c2ccccc2)n(C)n1. The number of carbonyl (C=O) groups excluding carboxylic acids is 1. The second-order valence-electron chi connectivity index (χ2n) is 4.51. The van der Waals surface area contributed by atoms with Crippen molar-refractivity contribution in [1.82, 2.24) is 15.1 Å². The Balaban J connectivity index is 2.23. The molecule has 0 fully saturated rings. The largest absolute Gasteiger partial charge is 0.391 e. The number of amides is 1. The van der Waals surface area contributed by atoms with Crippen molar-refractivity contribution in [2.24, 2.45) is 12.8 Å². The van der Waals surface area contributed by atoms with Gasteiger partial charge in [-0.05, 0) is 18.6 Å². The van der Waals surface area contributed by atoms with Crippen molar-refractivity contribution in [3.05, 3.63) is 53.3 Å². The summed E-state index contributed by atoms with van der Waals surface area (Å²) in [6, 6.07) is 10.6. The zero-order chi connectivity index (χ0) is 14.7. The quantitative estimate of drug-likeness (QED) is 0.836. The van der Waals surface area contributed by atoms with Gasteiger partial charge in [0.15, 0.2) is 0 Å². The van der Waals surface area contributed by atoms with E-state index in [0.717, 1.165) is 11.3 Å². The molecule has 0 aliphatic heterocycles. The molecule has 0 bridgehead atoms. The standard InChI is InChI=1S/C14H16N4OS/c1-9-8-11(18(2)17-9)14(19)16-12(13(15)20)10-6-4-3-5-7-10/h3-8,12H,1-2H3,(H2,15,20)(H,16,19). The fourth-order valence-electron chi connectivity index (χ4n) is 1.99. The van der Waals surface area contributed by atoms with E-state index >= 15 is 0 Å². The van der Waals surface area contributed by atoms with Gasteiger partial charge in [-0.1, -0.05) is 42.5 Å². The molecule has 0 aliphatic rings. The first-order valence-corrected chi connectivity index (χ1v) is 6.55. The van der Waals surface area contributed by atoms with E-state index in [-0.39, 0.29) is 10.9 Å². The Morgan fingerprint density at radius 3 is 2.55 bits per heavy atom. The molecule has 6 heteroatoms. The van der Waals surface area contributed by atoms with E-state index < -0.39 is 6.04 Å². The summed E-state index contributed by atoms with van der Waals surface area (Å²) in [5.41, 5.74) is 7.84. The highest BCUT2D eigenvalue weighted by molar-refractivity contribution is 7.80. The number of nitrogens with two attached hydrogens (primary N) is 1. The molecule has 0 saturated carbocycles. The van der Waals surface area contributed by atoms with Gasteiger partial charge in [0, 0.05) is 7.05 Å². The Morgan fingerprint density at radius 2 is 2.05 bits per heavy atom. The van der Waals surface area contributed by atoms with Crippen molar-refractivity contribution in [2.75, 3.05) is 0 Å². The average Bonchev–Trinajstić information content (AvgIpc) is 2.75. The third-order valence-corrected chi connectivity index (χ3v) is 3.16. The highest BCUT2D eigenvalue weighted by atomic mass is 32.1. The molecular weight excluding hydrogens is 272 g/mol. The number of hydrogen-bond acceptors (Lipinski definition) is 3. The maximum absolute atomic E-state index is 12.3. The van der Waals surface area contributed by atoms with Gasteiger partial charge in [-0.25, -0.2) is 0 Å². The Labute approximate surface area is 122 Å². The van der Waals surface area contributed by atoms with Crippen LogP contribution in [0.25, 0.3) is 0 Å². The molecule has 3 N–H and O–H groups in total. The molecule has 20 heavy (non-hydrogen) atoms. The zero-order valence-corrected chi connectivity index (χ0v) is 12.1. The van der Waals surface area contributed by atoms with Gasteiger partial charge >= 0.3 is 0 Å². The van der Waals surface area contributed by atoms with Crippen LogP contribution in [0.2, 0.25) is 0 Å². The molecule has 2 aromatic rings. The van der Waals surface area contributed by atoms with Gasteiger partial charge in [-0.15, -0.1) is 0 Å². The normalized spacial score (nSPS) is 11.9. The first-order valence-electron chi connectivity index (χ1n) is 6.15. The molecule has 0 radical (unpaired) electrons. The lowest BCUT2D eigenvalue weighted by Gasteiger charge is -2.17.